The number of likely N-dealkylation sites (tertiary alicyclic amines) is 2. The van der Waals surface area contributed by atoms with E-state index in [1.165, 1.54) is 43.5 Å². The zero-order chi connectivity index (χ0) is 20.3. The van der Waals surface area contributed by atoms with Gasteiger partial charge in [-0.25, -0.2) is 4.99 Å². The maximum Gasteiger partial charge on any atom is 0.191 e. The maximum absolute atomic E-state index is 9.64. The number of aliphatic hydroxyl groups is 1. The molecular weight excluding hydrogens is 489 g/mol. The molecule has 0 spiro atoms. The normalized spacial score (nSPS) is 19.3. The summed E-state index contributed by atoms with van der Waals surface area (Å²) in [6.07, 6.45) is 5.74. The van der Waals surface area contributed by atoms with Crippen LogP contribution in [0, 0.1) is 0 Å². The standard InChI is InChI=1S/C23H39N5O.HI/c1-2-24-23(25-12-17-27-13-4-3-5-14-27)26-18-20-6-8-21(9-7-20)19-28-15-10-22(29)11-16-28;/h6-9,22,29H,2-5,10-19H2,1H3,(H2,24,25,26);1H. The topological polar surface area (TPSA) is 63.1 Å². The van der Waals surface area contributed by atoms with Gasteiger partial charge < -0.3 is 20.6 Å². The number of aliphatic hydroxyl groups excluding tert-OH is 1. The minimum atomic E-state index is -0.106. The zero-order valence-corrected chi connectivity index (χ0v) is 20.8. The number of nitrogens with one attached hydrogen (secondary N) is 2. The summed E-state index contributed by atoms with van der Waals surface area (Å²) in [6, 6.07) is 8.81. The molecule has 2 aliphatic heterocycles. The molecule has 0 amide bonds. The molecule has 3 rings (SSSR count). The molecule has 1 aromatic rings. The number of benzene rings is 1. The second-order valence-electron chi connectivity index (χ2n) is 8.35. The highest BCUT2D eigenvalue weighted by Gasteiger charge is 2.16. The lowest BCUT2D eigenvalue weighted by Crippen LogP contribution is -2.42. The molecule has 0 aromatic heterocycles. The average Bonchev–Trinajstić information content (AvgIpc) is 2.75. The maximum atomic E-state index is 9.64. The third-order valence-electron chi connectivity index (χ3n) is 5.92. The molecule has 0 atom stereocenters. The van der Waals surface area contributed by atoms with Crippen molar-refractivity contribution in [1.29, 1.82) is 0 Å². The van der Waals surface area contributed by atoms with Crippen molar-refractivity contribution in [3.05, 3.63) is 35.4 Å². The molecule has 3 N–H and O–H groups in total. The summed E-state index contributed by atoms with van der Waals surface area (Å²) >= 11 is 0. The van der Waals surface area contributed by atoms with Crippen molar-refractivity contribution in [1.82, 2.24) is 20.4 Å². The largest absolute Gasteiger partial charge is 0.393 e. The Bertz CT molecular complexity index is 611. The quantitative estimate of drug-likeness (QED) is 0.275. The Labute approximate surface area is 199 Å². The fraction of sp³-hybridized carbons (Fsp3) is 0.696. The molecule has 0 bridgehead atoms. The Kier molecular flexibility index (Phi) is 12.0. The van der Waals surface area contributed by atoms with Crippen LogP contribution in [0.15, 0.2) is 29.3 Å². The lowest BCUT2D eigenvalue weighted by Gasteiger charge is -2.29. The highest BCUT2D eigenvalue weighted by molar-refractivity contribution is 14.0. The smallest absolute Gasteiger partial charge is 0.191 e. The second kappa shape index (κ2) is 14.2. The van der Waals surface area contributed by atoms with Gasteiger partial charge in [0.05, 0.1) is 12.6 Å². The Morgan fingerprint density at radius 1 is 0.967 bits per heavy atom. The lowest BCUT2D eigenvalue weighted by molar-refractivity contribution is 0.0792. The first kappa shape index (κ1) is 25.4. The minimum absolute atomic E-state index is 0. The van der Waals surface area contributed by atoms with Gasteiger partial charge in [0.1, 0.15) is 0 Å². The zero-order valence-electron chi connectivity index (χ0n) is 18.5. The van der Waals surface area contributed by atoms with Crippen LogP contribution in [0.4, 0.5) is 0 Å². The van der Waals surface area contributed by atoms with Crippen molar-refractivity contribution in [2.75, 3.05) is 45.8 Å². The Balaban J connectivity index is 0.00000320. The number of hydrogen-bond donors (Lipinski definition) is 3. The van der Waals surface area contributed by atoms with Gasteiger partial charge in [-0.3, -0.25) is 4.90 Å². The SMILES string of the molecule is CCNC(=NCc1ccc(CN2CCC(O)CC2)cc1)NCCN1CCCCC1.I. The molecule has 0 unspecified atom stereocenters. The third-order valence-corrected chi connectivity index (χ3v) is 5.92. The number of guanidine groups is 1. The number of hydrogen-bond acceptors (Lipinski definition) is 4. The van der Waals surface area contributed by atoms with Gasteiger partial charge >= 0.3 is 0 Å². The van der Waals surface area contributed by atoms with E-state index in [0.29, 0.717) is 6.54 Å². The molecule has 170 valence electrons. The number of halogens is 1. The van der Waals surface area contributed by atoms with E-state index in [1.54, 1.807) is 0 Å². The Morgan fingerprint density at radius 3 is 2.30 bits per heavy atom. The van der Waals surface area contributed by atoms with Crippen molar-refractivity contribution in [3.8, 4) is 0 Å². The minimum Gasteiger partial charge on any atom is -0.393 e. The molecule has 2 fully saturated rings. The monoisotopic (exact) mass is 529 g/mol. The van der Waals surface area contributed by atoms with E-state index in [-0.39, 0.29) is 30.1 Å². The molecule has 7 heteroatoms. The average molecular weight is 530 g/mol. The summed E-state index contributed by atoms with van der Waals surface area (Å²) in [6.45, 7) is 11.1. The van der Waals surface area contributed by atoms with E-state index in [0.717, 1.165) is 58.1 Å². The van der Waals surface area contributed by atoms with Crippen LogP contribution in [0.25, 0.3) is 0 Å². The second-order valence-corrected chi connectivity index (χ2v) is 8.35. The molecule has 2 heterocycles. The fourth-order valence-corrected chi connectivity index (χ4v) is 4.11. The summed E-state index contributed by atoms with van der Waals surface area (Å²) in [5, 5.41) is 16.5. The van der Waals surface area contributed by atoms with Crippen LogP contribution in [0.5, 0.6) is 0 Å². The summed E-state index contributed by atoms with van der Waals surface area (Å²) in [4.78, 5) is 9.73. The van der Waals surface area contributed by atoms with Gasteiger partial charge in [-0.1, -0.05) is 30.7 Å². The Hall–Kier alpha value is -0.900. The molecule has 0 saturated carbocycles. The van der Waals surface area contributed by atoms with Crippen LogP contribution >= 0.6 is 24.0 Å². The fourth-order valence-electron chi connectivity index (χ4n) is 4.11. The first-order chi connectivity index (χ1) is 14.2. The van der Waals surface area contributed by atoms with Gasteiger partial charge in [0.25, 0.3) is 0 Å². The molecule has 6 nitrogen and oxygen atoms in total. The van der Waals surface area contributed by atoms with E-state index in [4.69, 9.17) is 4.99 Å². The number of nitrogens with zero attached hydrogens (tertiary/aromatic N) is 3. The van der Waals surface area contributed by atoms with Gasteiger partial charge in [-0.15, -0.1) is 24.0 Å². The predicted octanol–water partition coefficient (Wildman–Crippen LogP) is 2.80. The highest BCUT2D eigenvalue weighted by Crippen LogP contribution is 2.14. The first-order valence-corrected chi connectivity index (χ1v) is 11.5. The van der Waals surface area contributed by atoms with Crippen molar-refractivity contribution in [3.63, 3.8) is 0 Å². The summed E-state index contributed by atoms with van der Waals surface area (Å²) in [7, 11) is 0. The van der Waals surface area contributed by atoms with Crippen molar-refractivity contribution >= 4 is 29.9 Å². The van der Waals surface area contributed by atoms with E-state index in [9.17, 15) is 5.11 Å². The molecular formula is C23H40IN5O. The van der Waals surface area contributed by atoms with Gasteiger partial charge in [0.2, 0.25) is 0 Å². The molecule has 2 saturated heterocycles. The van der Waals surface area contributed by atoms with Gasteiger partial charge in [-0.2, -0.15) is 0 Å². The van der Waals surface area contributed by atoms with Gasteiger partial charge in [-0.05, 0) is 56.8 Å². The van der Waals surface area contributed by atoms with Crippen LogP contribution in [-0.4, -0.2) is 72.8 Å². The van der Waals surface area contributed by atoms with E-state index in [2.05, 4.69) is 51.6 Å². The van der Waals surface area contributed by atoms with Crippen LogP contribution in [-0.2, 0) is 13.1 Å². The molecule has 0 aliphatic carbocycles. The number of rotatable bonds is 8. The van der Waals surface area contributed by atoms with Gasteiger partial charge in [0, 0.05) is 39.3 Å². The van der Waals surface area contributed by atoms with E-state index in [1.807, 2.05) is 0 Å². The van der Waals surface area contributed by atoms with Crippen molar-refractivity contribution in [2.24, 2.45) is 4.99 Å². The lowest BCUT2D eigenvalue weighted by atomic mass is 10.1. The predicted molar refractivity (Wildman–Crippen MR) is 135 cm³/mol. The number of aliphatic imine (C=N–C) groups is 1. The van der Waals surface area contributed by atoms with Gasteiger partial charge in [0.15, 0.2) is 5.96 Å². The Morgan fingerprint density at radius 2 is 1.63 bits per heavy atom. The molecule has 30 heavy (non-hydrogen) atoms. The van der Waals surface area contributed by atoms with Crippen molar-refractivity contribution in [2.45, 2.75) is 58.2 Å². The first-order valence-electron chi connectivity index (χ1n) is 11.5. The summed E-state index contributed by atoms with van der Waals surface area (Å²) < 4.78 is 0. The summed E-state index contributed by atoms with van der Waals surface area (Å²) in [5.41, 5.74) is 2.57. The molecule has 0 radical (unpaired) electrons. The molecule has 2 aliphatic rings. The number of piperidine rings is 2. The molecule has 1 aromatic carbocycles. The van der Waals surface area contributed by atoms with Crippen LogP contribution in [0.3, 0.4) is 0 Å². The highest BCUT2D eigenvalue weighted by atomic mass is 127. The summed E-state index contributed by atoms with van der Waals surface area (Å²) in [5.74, 6) is 0.903. The van der Waals surface area contributed by atoms with Crippen molar-refractivity contribution < 1.29 is 5.11 Å². The van der Waals surface area contributed by atoms with Crippen LogP contribution < -0.4 is 10.6 Å². The van der Waals surface area contributed by atoms with Crippen LogP contribution in [0.2, 0.25) is 0 Å². The van der Waals surface area contributed by atoms with E-state index >= 15 is 0 Å². The van der Waals surface area contributed by atoms with E-state index < -0.39 is 0 Å². The van der Waals surface area contributed by atoms with Crippen LogP contribution in [0.1, 0.15) is 50.2 Å². The third kappa shape index (κ3) is 9.08.